The molecule has 0 spiro atoms. The van der Waals surface area contributed by atoms with Gasteiger partial charge in [-0.1, -0.05) is 30.3 Å². The number of hydrogen-bond acceptors (Lipinski definition) is 2. The quantitative estimate of drug-likeness (QED) is 0.801. The standard InChI is InChI=1S/C12H15N3O/c1-14-12(16)15-11(9-13)8-7-10-5-3-2-4-6-10/h2-6,11H,7-8H2,1H3,(H2,14,15,16). The first kappa shape index (κ1) is 12.1. The van der Waals surface area contributed by atoms with E-state index in [1.165, 1.54) is 12.6 Å². The Morgan fingerprint density at radius 3 is 2.69 bits per heavy atom. The van der Waals surface area contributed by atoms with Gasteiger partial charge in [-0.05, 0) is 18.4 Å². The van der Waals surface area contributed by atoms with Gasteiger partial charge in [0.15, 0.2) is 0 Å². The lowest BCUT2D eigenvalue weighted by molar-refractivity contribution is 0.240. The first-order chi connectivity index (χ1) is 7.76. The van der Waals surface area contributed by atoms with E-state index in [4.69, 9.17) is 5.26 Å². The van der Waals surface area contributed by atoms with Crippen molar-refractivity contribution in [3.8, 4) is 6.07 Å². The average Bonchev–Trinajstić information content (AvgIpc) is 2.35. The van der Waals surface area contributed by atoms with Crippen LogP contribution in [0, 0.1) is 11.3 Å². The van der Waals surface area contributed by atoms with Gasteiger partial charge in [-0.2, -0.15) is 5.26 Å². The Bertz CT molecular complexity index is 370. The molecule has 1 rings (SSSR count). The summed E-state index contributed by atoms with van der Waals surface area (Å²) in [7, 11) is 1.53. The third kappa shape index (κ3) is 4.01. The third-order valence-electron chi connectivity index (χ3n) is 2.25. The second-order valence-electron chi connectivity index (χ2n) is 3.43. The molecule has 0 aliphatic rings. The molecular weight excluding hydrogens is 202 g/mol. The van der Waals surface area contributed by atoms with Crippen molar-refractivity contribution < 1.29 is 4.79 Å². The molecule has 0 saturated heterocycles. The molecule has 0 radical (unpaired) electrons. The van der Waals surface area contributed by atoms with Crippen molar-refractivity contribution in [1.29, 1.82) is 5.26 Å². The highest BCUT2D eigenvalue weighted by molar-refractivity contribution is 5.74. The number of nitriles is 1. The van der Waals surface area contributed by atoms with Crippen LogP contribution in [0.4, 0.5) is 4.79 Å². The van der Waals surface area contributed by atoms with Crippen molar-refractivity contribution in [2.24, 2.45) is 0 Å². The van der Waals surface area contributed by atoms with Crippen LogP contribution in [0.1, 0.15) is 12.0 Å². The molecule has 16 heavy (non-hydrogen) atoms. The topological polar surface area (TPSA) is 64.9 Å². The zero-order valence-electron chi connectivity index (χ0n) is 9.23. The van der Waals surface area contributed by atoms with Gasteiger partial charge < -0.3 is 10.6 Å². The molecule has 2 N–H and O–H groups in total. The number of nitrogens with zero attached hydrogens (tertiary/aromatic N) is 1. The summed E-state index contributed by atoms with van der Waals surface area (Å²) in [6.07, 6.45) is 1.40. The Labute approximate surface area is 95.3 Å². The molecule has 0 heterocycles. The van der Waals surface area contributed by atoms with E-state index in [0.29, 0.717) is 6.42 Å². The van der Waals surface area contributed by atoms with E-state index in [9.17, 15) is 4.79 Å². The molecule has 0 aliphatic heterocycles. The summed E-state index contributed by atoms with van der Waals surface area (Å²) in [5, 5.41) is 13.9. The predicted octanol–water partition coefficient (Wildman–Crippen LogP) is 1.44. The second-order valence-corrected chi connectivity index (χ2v) is 3.43. The molecule has 0 bridgehead atoms. The summed E-state index contributed by atoms with van der Waals surface area (Å²) < 4.78 is 0. The SMILES string of the molecule is CNC(=O)NC(C#N)CCc1ccccc1. The van der Waals surface area contributed by atoms with Crippen molar-refractivity contribution in [1.82, 2.24) is 10.6 Å². The molecule has 0 aliphatic carbocycles. The molecule has 0 saturated carbocycles. The Hall–Kier alpha value is -2.02. The molecule has 84 valence electrons. The number of carbonyl (C=O) groups excluding carboxylic acids is 1. The van der Waals surface area contributed by atoms with Gasteiger partial charge in [-0.15, -0.1) is 0 Å². The largest absolute Gasteiger partial charge is 0.341 e. The number of benzene rings is 1. The second kappa shape index (κ2) is 6.46. The Balaban J connectivity index is 2.41. The normalized spacial score (nSPS) is 11.2. The van der Waals surface area contributed by atoms with E-state index in [1.54, 1.807) is 0 Å². The minimum Gasteiger partial charge on any atom is -0.341 e. The Kier molecular flexibility index (Phi) is 4.87. The lowest BCUT2D eigenvalue weighted by Crippen LogP contribution is -2.39. The van der Waals surface area contributed by atoms with Crippen LogP contribution in [0.15, 0.2) is 30.3 Å². The van der Waals surface area contributed by atoms with Gasteiger partial charge in [0.25, 0.3) is 0 Å². The van der Waals surface area contributed by atoms with Crippen LogP contribution in [-0.4, -0.2) is 19.1 Å². The molecule has 4 heteroatoms. The molecule has 1 atom stereocenters. The number of urea groups is 1. The highest BCUT2D eigenvalue weighted by atomic mass is 16.2. The highest BCUT2D eigenvalue weighted by Crippen LogP contribution is 2.04. The van der Waals surface area contributed by atoms with E-state index < -0.39 is 6.04 Å². The molecule has 1 unspecified atom stereocenters. The minimum atomic E-state index is -0.444. The Morgan fingerprint density at radius 1 is 1.44 bits per heavy atom. The van der Waals surface area contributed by atoms with Crippen LogP contribution in [0.2, 0.25) is 0 Å². The number of rotatable bonds is 4. The zero-order valence-corrected chi connectivity index (χ0v) is 9.23. The summed E-state index contributed by atoms with van der Waals surface area (Å²) in [5.74, 6) is 0. The molecule has 2 amide bonds. The van der Waals surface area contributed by atoms with Gasteiger partial charge in [0.05, 0.1) is 6.07 Å². The number of amides is 2. The molecule has 1 aromatic rings. The van der Waals surface area contributed by atoms with E-state index in [1.807, 2.05) is 30.3 Å². The number of nitrogens with one attached hydrogen (secondary N) is 2. The zero-order chi connectivity index (χ0) is 11.8. The highest BCUT2D eigenvalue weighted by Gasteiger charge is 2.09. The van der Waals surface area contributed by atoms with Crippen LogP contribution in [0.3, 0.4) is 0 Å². The van der Waals surface area contributed by atoms with Crippen molar-refractivity contribution in [2.45, 2.75) is 18.9 Å². The lowest BCUT2D eigenvalue weighted by atomic mass is 10.1. The van der Waals surface area contributed by atoms with Crippen LogP contribution in [-0.2, 0) is 6.42 Å². The fraction of sp³-hybridized carbons (Fsp3) is 0.333. The maximum Gasteiger partial charge on any atom is 0.315 e. The van der Waals surface area contributed by atoms with Crippen LogP contribution in [0.5, 0.6) is 0 Å². The van der Waals surface area contributed by atoms with Crippen LogP contribution in [0.25, 0.3) is 0 Å². The van der Waals surface area contributed by atoms with Crippen molar-refractivity contribution in [2.75, 3.05) is 7.05 Å². The molecule has 1 aromatic carbocycles. The lowest BCUT2D eigenvalue weighted by Gasteiger charge is -2.10. The minimum absolute atomic E-state index is 0.320. The fourth-order valence-electron chi connectivity index (χ4n) is 1.36. The van der Waals surface area contributed by atoms with Crippen molar-refractivity contribution >= 4 is 6.03 Å². The first-order valence-corrected chi connectivity index (χ1v) is 5.18. The molecule has 0 fully saturated rings. The summed E-state index contributed by atoms with van der Waals surface area (Å²) in [6.45, 7) is 0. The van der Waals surface area contributed by atoms with Crippen LogP contribution >= 0.6 is 0 Å². The number of hydrogen-bond donors (Lipinski definition) is 2. The van der Waals surface area contributed by atoms with Gasteiger partial charge in [0, 0.05) is 7.05 Å². The van der Waals surface area contributed by atoms with Gasteiger partial charge in [0.2, 0.25) is 0 Å². The fourth-order valence-corrected chi connectivity index (χ4v) is 1.36. The molecular formula is C12H15N3O. The van der Waals surface area contributed by atoms with Gasteiger partial charge in [0.1, 0.15) is 6.04 Å². The van der Waals surface area contributed by atoms with E-state index in [-0.39, 0.29) is 6.03 Å². The van der Waals surface area contributed by atoms with Gasteiger partial charge in [-0.3, -0.25) is 0 Å². The smallest absolute Gasteiger partial charge is 0.315 e. The predicted molar refractivity (Wildman–Crippen MR) is 61.8 cm³/mol. The van der Waals surface area contributed by atoms with E-state index in [0.717, 1.165) is 6.42 Å². The van der Waals surface area contributed by atoms with Gasteiger partial charge >= 0.3 is 6.03 Å². The summed E-state index contributed by atoms with van der Waals surface area (Å²) >= 11 is 0. The molecule has 0 aromatic heterocycles. The monoisotopic (exact) mass is 217 g/mol. The van der Waals surface area contributed by atoms with Crippen molar-refractivity contribution in [3.05, 3.63) is 35.9 Å². The maximum atomic E-state index is 11.0. The van der Waals surface area contributed by atoms with Gasteiger partial charge in [-0.25, -0.2) is 4.79 Å². The number of aryl methyl sites for hydroxylation is 1. The third-order valence-corrected chi connectivity index (χ3v) is 2.25. The summed E-state index contributed by atoms with van der Waals surface area (Å²) in [6, 6.07) is 11.2. The summed E-state index contributed by atoms with van der Waals surface area (Å²) in [4.78, 5) is 11.0. The summed E-state index contributed by atoms with van der Waals surface area (Å²) in [5.41, 5.74) is 1.17. The first-order valence-electron chi connectivity index (χ1n) is 5.18. The van der Waals surface area contributed by atoms with Crippen molar-refractivity contribution in [3.63, 3.8) is 0 Å². The van der Waals surface area contributed by atoms with Crippen LogP contribution < -0.4 is 10.6 Å². The average molecular weight is 217 g/mol. The van der Waals surface area contributed by atoms with E-state index in [2.05, 4.69) is 16.7 Å². The van der Waals surface area contributed by atoms with E-state index >= 15 is 0 Å². The molecule has 4 nitrogen and oxygen atoms in total. The Morgan fingerprint density at radius 2 is 2.12 bits per heavy atom. The maximum absolute atomic E-state index is 11.0. The number of carbonyl (C=O) groups is 1.